The highest BCUT2D eigenvalue weighted by Gasteiger charge is 2.14. The van der Waals surface area contributed by atoms with Crippen LogP contribution in [0, 0.1) is 0 Å². The molecule has 0 aromatic heterocycles. The van der Waals surface area contributed by atoms with Crippen LogP contribution < -0.4 is 10.6 Å². The van der Waals surface area contributed by atoms with Gasteiger partial charge >= 0.3 is 0 Å². The maximum absolute atomic E-state index is 5.99. The summed E-state index contributed by atoms with van der Waals surface area (Å²) in [4.78, 5) is 2.41. The van der Waals surface area contributed by atoms with Gasteiger partial charge in [-0.3, -0.25) is 0 Å². The lowest BCUT2D eigenvalue weighted by molar-refractivity contribution is 0.579. The number of hydrogen-bond donors (Lipinski definition) is 1. The molecule has 20 heavy (non-hydrogen) atoms. The van der Waals surface area contributed by atoms with Crippen LogP contribution in [0.5, 0.6) is 0 Å². The van der Waals surface area contributed by atoms with Crippen LogP contribution in [0.2, 0.25) is 0 Å². The van der Waals surface area contributed by atoms with Gasteiger partial charge in [0.05, 0.1) is 0 Å². The molecular formula is C18H32N2. The first-order valence-corrected chi connectivity index (χ1v) is 8.28. The molecule has 0 aliphatic rings. The van der Waals surface area contributed by atoms with Gasteiger partial charge in [0.1, 0.15) is 0 Å². The molecule has 0 saturated heterocycles. The van der Waals surface area contributed by atoms with Crippen LogP contribution in [0.1, 0.15) is 71.3 Å². The molecule has 0 bridgehead atoms. The Morgan fingerprint density at radius 1 is 1.05 bits per heavy atom. The molecule has 1 atom stereocenters. The standard InChI is InChI=1S/C18H32N2/c1-5-8-9-10-11-15(4)17-13-12-16(19)14-18(17)20(6-2)7-3/h12-15H,5-11,19H2,1-4H3. The van der Waals surface area contributed by atoms with Crippen molar-refractivity contribution in [3.05, 3.63) is 23.8 Å². The third kappa shape index (κ3) is 4.73. The lowest BCUT2D eigenvalue weighted by Gasteiger charge is -2.27. The summed E-state index contributed by atoms with van der Waals surface area (Å²) in [5.74, 6) is 0.614. The largest absolute Gasteiger partial charge is 0.399 e. The Balaban J connectivity index is 2.81. The highest BCUT2D eigenvalue weighted by Crippen LogP contribution is 2.32. The molecule has 0 spiro atoms. The van der Waals surface area contributed by atoms with Gasteiger partial charge in [-0.15, -0.1) is 0 Å². The minimum atomic E-state index is 0.614. The number of nitrogens with zero attached hydrogens (tertiary/aromatic N) is 1. The van der Waals surface area contributed by atoms with Crippen molar-refractivity contribution in [2.24, 2.45) is 0 Å². The fraction of sp³-hybridized carbons (Fsp3) is 0.667. The van der Waals surface area contributed by atoms with Gasteiger partial charge in [-0.25, -0.2) is 0 Å². The van der Waals surface area contributed by atoms with Crippen LogP contribution in [0.25, 0.3) is 0 Å². The third-order valence-corrected chi connectivity index (χ3v) is 4.18. The van der Waals surface area contributed by atoms with E-state index in [1.165, 1.54) is 43.4 Å². The minimum absolute atomic E-state index is 0.614. The molecule has 2 nitrogen and oxygen atoms in total. The van der Waals surface area contributed by atoms with E-state index in [0.29, 0.717) is 5.92 Å². The predicted octanol–water partition coefficient (Wildman–Crippen LogP) is 5.19. The van der Waals surface area contributed by atoms with E-state index in [9.17, 15) is 0 Å². The second kappa shape index (κ2) is 8.89. The molecule has 2 heteroatoms. The van der Waals surface area contributed by atoms with Crippen molar-refractivity contribution in [2.75, 3.05) is 23.7 Å². The van der Waals surface area contributed by atoms with E-state index < -0.39 is 0 Å². The summed E-state index contributed by atoms with van der Waals surface area (Å²) < 4.78 is 0. The van der Waals surface area contributed by atoms with E-state index in [2.05, 4.69) is 44.7 Å². The molecule has 1 unspecified atom stereocenters. The SMILES string of the molecule is CCCCCCC(C)c1ccc(N)cc1N(CC)CC. The molecular weight excluding hydrogens is 244 g/mol. The topological polar surface area (TPSA) is 29.3 Å². The van der Waals surface area contributed by atoms with Gasteiger partial charge in [0, 0.05) is 24.5 Å². The summed E-state index contributed by atoms with van der Waals surface area (Å²) in [6.07, 6.45) is 6.63. The molecule has 0 aliphatic heterocycles. The van der Waals surface area contributed by atoms with Crippen LogP contribution in [0.3, 0.4) is 0 Å². The molecule has 0 aliphatic carbocycles. The van der Waals surface area contributed by atoms with Crippen molar-refractivity contribution in [3.8, 4) is 0 Å². The molecule has 0 radical (unpaired) electrons. The molecule has 1 aromatic rings. The number of rotatable bonds is 9. The second-order valence-electron chi connectivity index (χ2n) is 5.74. The van der Waals surface area contributed by atoms with Crippen LogP contribution >= 0.6 is 0 Å². The van der Waals surface area contributed by atoms with Gasteiger partial charge in [-0.05, 0) is 43.9 Å². The summed E-state index contributed by atoms with van der Waals surface area (Å²) in [6, 6.07) is 6.42. The maximum atomic E-state index is 5.99. The zero-order valence-corrected chi connectivity index (χ0v) is 13.8. The number of hydrogen-bond acceptors (Lipinski definition) is 2. The van der Waals surface area contributed by atoms with Gasteiger partial charge < -0.3 is 10.6 Å². The van der Waals surface area contributed by atoms with E-state index in [1.807, 2.05) is 6.07 Å². The van der Waals surface area contributed by atoms with Crippen molar-refractivity contribution < 1.29 is 0 Å². The molecule has 2 N–H and O–H groups in total. The van der Waals surface area contributed by atoms with Crippen LogP contribution in [-0.2, 0) is 0 Å². The molecule has 1 rings (SSSR count). The van der Waals surface area contributed by atoms with E-state index in [4.69, 9.17) is 5.73 Å². The first kappa shape index (κ1) is 16.9. The minimum Gasteiger partial charge on any atom is -0.399 e. The van der Waals surface area contributed by atoms with Crippen molar-refractivity contribution in [1.29, 1.82) is 0 Å². The zero-order chi connectivity index (χ0) is 15.0. The monoisotopic (exact) mass is 276 g/mol. The molecule has 0 saturated carbocycles. The summed E-state index contributed by atoms with van der Waals surface area (Å²) in [5, 5.41) is 0. The average molecular weight is 276 g/mol. The Labute approximate surface area is 125 Å². The van der Waals surface area contributed by atoms with Crippen molar-refractivity contribution in [3.63, 3.8) is 0 Å². The molecule has 0 amide bonds. The van der Waals surface area contributed by atoms with E-state index >= 15 is 0 Å². The summed E-state index contributed by atoms with van der Waals surface area (Å²) in [7, 11) is 0. The summed E-state index contributed by atoms with van der Waals surface area (Å²) >= 11 is 0. The number of unbranched alkanes of at least 4 members (excludes halogenated alkanes) is 3. The van der Waals surface area contributed by atoms with E-state index in [-0.39, 0.29) is 0 Å². The smallest absolute Gasteiger partial charge is 0.0421 e. The Kier molecular flexibility index (Phi) is 7.50. The number of nitrogen functional groups attached to an aromatic ring is 1. The fourth-order valence-electron chi connectivity index (χ4n) is 2.85. The van der Waals surface area contributed by atoms with Crippen LogP contribution in [0.4, 0.5) is 11.4 Å². The molecule has 0 heterocycles. The van der Waals surface area contributed by atoms with Gasteiger partial charge in [0.2, 0.25) is 0 Å². The Hall–Kier alpha value is -1.18. The number of nitrogens with two attached hydrogens (primary N) is 1. The van der Waals surface area contributed by atoms with Crippen LogP contribution in [-0.4, -0.2) is 13.1 Å². The molecule has 1 aromatic carbocycles. The van der Waals surface area contributed by atoms with Gasteiger partial charge in [0.25, 0.3) is 0 Å². The first-order valence-electron chi connectivity index (χ1n) is 8.28. The first-order chi connectivity index (χ1) is 9.63. The van der Waals surface area contributed by atoms with Gasteiger partial charge in [-0.1, -0.05) is 45.6 Å². The lowest BCUT2D eigenvalue weighted by atomic mass is 9.92. The summed E-state index contributed by atoms with van der Waals surface area (Å²) in [5.41, 5.74) is 9.65. The second-order valence-corrected chi connectivity index (χ2v) is 5.74. The molecule has 114 valence electrons. The van der Waals surface area contributed by atoms with Crippen LogP contribution in [0.15, 0.2) is 18.2 Å². The highest BCUT2D eigenvalue weighted by molar-refractivity contribution is 5.62. The Morgan fingerprint density at radius 2 is 1.75 bits per heavy atom. The lowest BCUT2D eigenvalue weighted by Crippen LogP contribution is -2.23. The zero-order valence-electron chi connectivity index (χ0n) is 13.8. The third-order valence-electron chi connectivity index (χ3n) is 4.18. The van der Waals surface area contributed by atoms with E-state index in [1.54, 1.807) is 0 Å². The maximum Gasteiger partial charge on any atom is 0.0421 e. The highest BCUT2D eigenvalue weighted by atomic mass is 15.1. The van der Waals surface area contributed by atoms with Crippen molar-refractivity contribution in [2.45, 2.75) is 65.7 Å². The normalized spacial score (nSPS) is 12.4. The Bertz CT molecular complexity index is 383. The quantitative estimate of drug-likeness (QED) is 0.497. The predicted molar refractivity (Wildman–Crippen MR) is 91.6 cm³/mol. The number of anilines is 2. The number of benzene rings is 1. The Morgan fingerprint density at radius 3 is 2.35 bits per heavy atom. The fourth-order valence-corrected chi connectivity index (χ4v) is 2.85. The van der Waals surface area contributed by atoms with Crippen molar-refractivity contribution >= 4 is 11.4 Å². The van der Waals surface area contributed by atoms with Gasteiger partial charge in [0.15, 0.2) is 0 Å². The van der Waals surface area contributed by atoms with Crippen molar-refractivity contribution in [1.82, 2.24) is 0 Å². The van der Waals surface area contributed by atoms with E-state index in [0.717, 1.165) is 18.8 Å². The summed E-state index contributed by atoms with van der Waals surface area (Å²) in [6.45, 7) is 11.1. The molecule has 0 fully saturated rings. The average Bonchev–Trinajstić information content (AvgIpc) is 2.45. The van der Waals surface area contributed by atoms with Gasteiger partial charge in [-0.2, -0.15) is 0 Å².